The van der Waals surface area contributed by atoms with Gasteiger partial charge in [-0.3, -0.25) is 4.79 Å². The molecule has 1 amide bonds. The first-order valence-electron chi connectivity index (χ1n) is 5.47. The summed E-state index contributed by atoms with van der Waals surface area (Å²) in [6, 6.07) is 9.79. The summed E-state index contributed by atoms with van der Waals surface area (Å²) < 4.78 is 0. The van der Waals surface area contributed by atoms with Crippen LogP contribution in [0.5, 0.6) is 0 Å². The van der Waals surface area contributed by atoms with Gasteiger partial charge in [0.05, 0.1) is 12.2 Å². The quantitative estimate of drug-likeness (QED) is 0.857. The smallest absolute Gasteiger partial charge is 0.264 e. The Balaban J connectivity index is 2.28. The lowest BCUT2D eigenvalue weighted by atomic mass is 10.2. The zero-order valence-corrected chi connectivity index (χ0v) is 10.8. The second kappa shape index (κ2) is 5.48. The zero-order chi connectivity index (χ0) is 13.0. The van der Waals surface area contributed by atoms with E-state index in [1.54, 1.807) is 0 Å². The van der Waals surface area contributed by atoms with Crippen molar-refractivity contribution in [3.63, 3.8) is 0 Å². The predicted molar refractivity (Wildman–Crippen MR) is 73.5 cm³/mol. The number of amides is 1. The van der Waals surface area contributed by atoms with Gasteiger partial charge in [-0.05, 0) is 6.92 Å². The van der Waals surface area contributed by atoms with Crippen molar-refractivity contribution >= 4 is 17.2 Å². The van der Waals surface area contributed by atoms with Crippen LogP contribution in [-0.4, -0.2) is 17.4 Å². The van der Waals surface area contributed by atoms with Crippen LogP contribution in [0.4, 0.5) is 0 Å². The average molecular weight is 256 g/mol. The Bertz CT molecular complexity index is 596. The van der Waals surface area contributed by atoms with Gasteiger partial charge in [0.15, 0.2) is 0 Å². The third-order valence-corrected chi connectivity index (χ3v) is 3.58. The largest absolute Gasteiger partial charge is 0.340 e. The molecule has 0 spiro atoms. The molecule has 0 fully saturated rings. The van der Waals surface area contributed by atoms with Crippen molar-refractivity contribution in [1.29, 1.82) is 0 Å². The van der Waals surface area contributed by atoms with E-state index in [0.717, 1.165) is 16.3 Å². The number of terminal acetylenes is 1. The minimum atomic E-state index is -0.162. The fourth-order valence-corrected chi connectivity index (χ4v) is 2.51. The van der Waals surface area contributed by atoms with Gasteiger partial charge >= 0.3 is 0 Å². The first-order chi connectivity index (χ1) is 8.72. The van der Waals surface area contributed by atoms with Crippen LogP contribution < -0.4 is 5.32 Å². The molecule has 0 saturated carbocycles. The number of nitrogens with zero attached hydrogens (tertiary/aromatic N) is 1. The van der Waals surface area contributed by atoms with E-state index in [1.807, 2.05) is 37.3 Å². The summed E-state index contributed by atoms with van der Waals surface area (Å²) in [5.41, 5.74) is 1.75. The molecule has 18 heavy (non-hydrogen) atoms. The maximum atomic E-state index is 11.8. The Morgan fingerprint density at radius 1 is 1.44 bits per heavy atom. The van der Waals surface area contributed by atoms with Gasteiger partial charge in [0.2, 0.25) is 0 Å². The average Bonchev–Trinajstić information content (AvgIpc) is 2.79. The zero-order valence-electron chi connectivity index (χ0n) is 9.93. The van der Waals surface area contributed by atoms with Gasteiger partial charge in [-0.25, -0.2) is 4.98 Å². The summed E-state index contributed by atoms with van der Waals surface area (Å²) in [4.78, 5) is 16.9. The Hall–Kier alpha value is -2.12. The molecule has 90 valence electrons. The van der Waals surface area contributed by atoms with Crippen LogP contribution in [0.2, 0.25) is 0 Å². The van der Waals surface area contributed by atoms with E-state index in [9.17, 15) is 4.79 Å². The van der Waals surface area contributed by atoms with Crippen LogP contribution in [0, 0.1) is 19.3 Å². The molecular formula is C14H12N2OS. The van der Waals surface area contributed by atoms with Crippen LogP contribution in [0.3, 0.4) is 0 Å². The molecule has 1 heterocycles. The summed E-state index contributed by atoms with van der Waals surface area (Å²) in [6.45, 7) is 2.06. The minimum absolute atomic E-state index is 0.162. The van der Waals surface area contributed by atoms with Gasteiger partial charge in [0.1, 0.15) is 9.88 Å². The molecule has 3 nitrogen and oxygen atoms in total. The third kappa shape index (κ3) is 2.58. The molecule has 0 unspecified atom stereocenters. The van der Waals surface area contributed by atoms with Crippen molar-refractivity contribution in [1.82, 2.24) is 10.3 Å². The summed E-state index contributed by atoms with van der Waals surface area (Å²) in [5, 5.41) is 3.50. The Labute approximate surface area is 110 Å². The van der Waals surface area contributed by atoms with Gasteiger partial charge < -0.3 is 5.32 Å². The summed E-state index contributed by atoms with van der Waals surface area (Å²) in [6.07, 6.45) is 5.11. The molecule has 1 N–H and O–H groups in total. The summed E-state index contributed by atoms with van der Waals surface area (Å²) in [7, 11) is 0. The van der Waals surface area contributed by atoms with Gasteiger partial charge in [-0.2, -0.15) is 0 Å². The topological polar surface area (TPSA) is 42.0 Å². The first kappa shape index (κ1) is 12.3. The minimum Gasteiger partial charge on any atom is -0.340 e. The number of hydrogen-bond acceptors (Lipinski definition) is 3. The normalized spacial score (nSPS) is 9.78. The second-order valence-corrected chi connectivity index (χ2v) is 4.69. The molecule has 2 aromatic rings. The fraction of sp³-hybridized carbons (Fsp3) is 0.143. The number of rotatable bonds is 3. The summed E-state index contributed by atoms with van der Waals surface area (Å²) in [5.74, 6) is 2.22. The Morgan fingerprint density at radius 3 is 2.83 bits per heavy atom. The number of carbonyl (C=O) groups excluding carboxylic acids is 1. The molecule has 0 aliphatic heterocycles. The number of carbonyl (C=O) groups is 1. The number of hydrogen-bond donors (Lipinski definition) is 1. The molecule has 0 radical (unpaired) electrons. The highest BCUT2D eigenvalue weighted by Gasteiger charge is 2.15. The van der Waals surface area contributed by atoms with Crippen LogP contribution in [0.15, 0.2) is 30.3 Å². The molecule has 0 aliphatic rings. The molecule has 0 bridgehead atoms. The van der Waals surface area contributed by atoms with E-state index < -0.39 is 0 Å². The standard InChI is InChI=1S/C14H12N2OS/c1-3-9-15-13(17)12-10(2)16-14(18-12)11-7-5-4-6-8-11/h1,4-8H,9H2,2H3,(H,15,17). The highest BCUT2D eigenvalue weighted by Crippen LogP contribution is 2.27. The number of aryl methyl sites for hydroxylation is 1. The van der Waals surface area contributed by atoms with Crippen LogP contribution >= 0.6 is 11.3 Å². The van der Waals surface area contributed by atoms with Crippen molar-refractivity contribution in [2.75, 3.05) is 6.54 Å². The van der Waals surface area contributed by atoms with Gasteiger partial charge in [-0.1, -0.05) is 36.3 Å². The number of nitrogens with one attached hydrogen (secondary N) is 1. The molecule has 0 atom stereocenters. The monoisotopic (exact) mass is 256 g/mol. The first-order valence-corrected chi connectivity index (χ1v) is 6.28. The van der Waals surface area contributed by atoms with E-state index in [-0.39, 0.29) is 12.5 Å². The molecule has 2 rings (SSSR count). The van der Waals surface area contributed by atoms with E-state index in [1.165, 1.54) is 11.3 Å². The highest BCUT2D eigenvalue weighted by atomic mass is 32.1. The highest BCUT2D eigenvalue weighted by molar-refractivity contribution is 7.17. The maximum absolute atomic E-state index is 11.8. The van der Waals surface area contributed by atoms with Crippen LogP contribution in [0.25, 0.3) is 10.6 Å². The van der Waals surface area contributed by atoms with E-state index >= 15 is 0 Å². The SMILES string of the molecule is C#CCNC(=O)c1sc(-c2ccccc2)nc1C. The number of aromatic nitrogens is 1. The predicted octanol–water partition coefficient (Wildman–Crippen LogP) is 2.48. The lowest BCUT2D eigenvalue weighted by Crippen LogP contribution is -2.23. The Kier molecular flexibility index (Phi) is 3.75. The van der Waals surface area contributed by atoms with Crippen LogP contribution in [0.1, 0.15) is 15.4 Å². The lowest BCUT2D eigenvalue weighted by Gasteiger charge is -1.97. The molecule has 0 saturated heterocycles. The Morgan fingerprint density at radius 2 is 2.17 bits per heavy atom. The number of benzene rings is 1. The van der Waals surface area contributed by atoms with Crippen molar-refractivity contribution < 1.29 is 4.79 Å². The van der Waals surface area contributed by atoms with Crippen molar-refractivity contribution in [2.45, 2.75) is 6.92 Å². The van der Waals surface area contributed by atoms with Gasteiger partial charge in [0, 0.05) is 5.56 Å². The fourth-order valence-electron chi connectivity index (χ4n) is 1.52. The molecule has 1 aromatic carbocycles. The molecule has 4 heteroatoms. The van der Waals surface area contributed by atoms with Crippen molar-refractivity contribution in [2.24, 2.45) is 0 Å². The lowest BCUT2D eigenvalue weighted by molar-refractivity contribution is 0.0962. The molecule has 0 aliphatic carbocycles. The van der Waals surface area contributed by atoms with E-state index in [2.05, 4.69) is 16.2 Å². The summed E-state index contributed by atoms with van der Waals surface area (Å²) >= 11 is 1.38. The molecule has 1 aromatic heterocycles. The second-order valence-electron chi connectivity index (χ2n) is 3.69. The van der Waals surface area contributed by atoms with E-state index in [0.29, 0.717) is 4.88 Å². The van der Waals surface area contributed by atoms with E-state index in [4.69, 9.17) is 6.42 Å². The van der Waals surface area contributed by atoms with Gasteiger partial charge in [-0.15, -0.1) is 17.8 Å². The van der Waals surface area contributed by atoms with Gasteiger partial charge in [0.25, 0.3) is 5.91 Å². The van der Waals surface area contributed by atoms with Crippen molar-refractivity contribution in [3.05, 3.63) is 40.9 Å². The molecular weight excluding hydrogens is 244 g/mol. The third-order valence-electron chi connectivity index (χ3n) is 2.37. The maximum Gasteiger partial charge on any atom is 0.264 e. The van der Waals surface area contributed by atoms with Crippen LogP contribution in [-0.2, 0) is 0 Å². The van der Waals surface area contributed by atoms with Crippen molar-refractivity contribution in [3.8, 4) is 22.9 Å². The number of thiazole rings is 1.